The Balaban J connectivity index is 2.04. The van der Waals surface area contributed by atoms with Gasteiger partial charge in [-0.1, -0.05) is 27.2 Å². The molecule has 1 aliphatic carbocycles. The van der Waals surface area contributed by atoms with Gasteiger partial charge in [-0.15, -0.1) is 11.3 Å². The zero-order valence-corrected chi connectivity index (χ0v) is 12.0. The molecule has 0 radical (unpaired) electrons. The molecule has 1 aromatic heterocycles. The van der Waals surface area contributed by atoms with Crippen molar-refractivity contribution in [3.63, 3.8) is 0 Å². The Hall–Kier alpha value is -0.410. The van der Waals surface area contributed by atoms with Crippen LogP contribution in [0.4, 0.5) is 0 Å². The largest absolute Gasteiger partial charge is 0.327 e. The molecule has 96 valence electrons. The van der Waals surface area contributed by atoms with Crippen molar-refractivity contribution in [3.05, 3.63) is 16.6 Å². The van der Waals surface area contributed by atoms with Crippen LogP contribution in [-0.2, 0) is 6.42 Å². The van der Waals surface area contributed by atoms with Crippen LogP contribution in [0.1, 0.15) is 45.0 Å². The van der Waals surface area contributed by atoms with Crippen LogP contribution in [0, 0.1) is 17.3 Å². The third-order valence-electron chi connectivity index (χ3n) is 4.26. The predicted octanol–water partition coefficient (Wildman–Crippen LogP) is 3.48. The summed E-state index contributed by atoms with van der Waals surface area (Å²) in [4.78, 5) is 4.41. The highest BCUT2D eigenvalue weighted by Crippen LogP contribution is 2.41. The van der Waals surface area contributed by atoms with Crippen LogP contribution in [0.5, 0.6) is 0 Å². The van der Waals surface area contributed by atoms with Gasteiger partial charge in [0, 0.05) is 24.0 Å². The molecule has 1 fully saturated rings. The molecule has 3 heteroatoms. The van der Waals surface area contributed by atoms with Gasteiger partial charge < -0.3 is 5.73 Å². The number of aromatic nitrogens is 1. The first kappa shape index (κ1) is 13.0. The van der Waals surface area contributed by atoms with Gasteiger partial charge in [-0.05, 0) is 30.1 Å². The molecule has 1 aliphatic rings. The van der Waals surface area contributed by atoms with Gasteiger partial charge in [0.25, 0.3) is 0 Å². The standard InChI is InChI=1S/C14H24N2S/c1-10-4-5-11(12(15)8-10)14(2,3)9-13-16-6-7-17-13/h6-7,10-12H,4-5,8-9,15H2,1-3H3. The van der Waals surface area contributed by atoms with Crippen LogP contribution in [0.3, 0.4) is 0 Å². The molecule has 0 aromatic carbocycles. The van der Waals surface area contributed by atoms with Crippen LogP contribution in [0.15, 0.2) is 11.6 Å². The number of nitrogens with two attached hydrogens (primary N) is 1. The van der Waals surface area contributed by atoms with E-state index >= 15 is 0 Å². The van der Waals surface area contributed by atoms with Crippen LogP contribution in [0.25, 0.3) is 0 Å². The number of hydrogen-bond donors (Lipinski definition) is 1. The average molecular weight is 252 g/mol. The van der Waals surface area contributed by atoms with Crippen LogP contribution in [-0.4, -0.2) is 11.0 Å². The van der Waals surface area contributed by atoms with E-state index in [0.29, 0.717) is 12.0 Å². The lowest BCUT2D eigenvalue weighted by atomic mass is 9.65. The van der Waals surface area contributed by atoms with Crippen LogP contribution >= 0.6 is 11.3 Å². The average Bonchev–Trinajstić information content (AvgIpc) is 2.68. The van der Waals surface area contributed by atoms with Crippen molar-refractivity contribution in [1.82, 2.24) is 4.98 Å². The molecule has 2 rings (SSSR count). The Morgan fingerprint density at radius 1 is 1.47 bits per heavy atom. The van der Waals surface area contributed by atoms with E-state index in [0.717, 1.165) is 12.3 Å². The Labute approximate surface area is 109 Å². The summed E-state index contributed by atoms with van der Waals surface area (Å²) in [5.74, 6) is 1.44. The second-order valence-electron chi connectivity index (χ2n) is 6.28. The molecule has 2 N–H and O–H groups in total. The maximum Gasteiger partial charge on any atom is 0.0930 e. The highest BCUT2D eigenvalue weighted by atomic mass is 32.1. The number of rotatable bonds is 3. The summed E-state index contributed by atoms with van der Waals surface area (Å²) >= 11 is 1.76. The van der Waals surface area contributed by atoms with Crippen molar-refractivity contribution in [3.8, 4) is 0 Å². The van der Waals surface area contributed by atoms with Gasteiger partial charge in [-0.2, -0.15) is 0 Å². The van der Waals surface area contributed by atoms with E-state index in [-0.39, 0.29) is 5.41 Å². The fourth-order valence-corrected chi connectivity index (χ4v) is 4.11. The van der Waals surface area contributed by atoms with E-state index < -0.39 is 0 Å². The van der Waals surface area contributed by atoms with Crippen molar-refractivity contribution in [2.45, 2.75) is 52.5 Å². The van der Waals surface area contributed by atoms with Gasteiger partial charge in [-0.25, -0.2) is 4.98 Å². The molecule has 1 heterocycles. The van der Waals surface area contributed by atoms with Crippen molar-refractivity contribution >= 4 is 11.3 Å². The minimum Gasteiger partial charge on any atom is -0.327 e. The minimum absolute atomic E-state index is 0.275. The lowest BCUT2D eigenvalue weighted by Gasteiger charge is -2.42. The third-order valence-corrected chi connectivity index (χ3v) is 5.04. The molecule has 3 atom stereocenters. The van der Waals surface area contributed by atoms with E-state index in [4.69, 9.17) is 5.73 Å². The fraction of sp³-hybridized carbons (Fsp3) is 0.786. The smallest absolute Gasteiger partial charge is 0.0930 e. The summed E-state index contributed by atoms with van der Waals surface area (Å²) in [6, 6.07) is 0.369. The molecule has 0 aliphatic heterocycles. The monoisotopic (exact) mass is 252 g/mol. The Morgan fingerprint density at radius 3 is 2.82 bits per heavy atom. The zero-order valence-electron chi connectivity index (χ0n) is 11.1. The van der Waals surface area contributed by atoms with Crippen molar-refractivity contribution in [2.75, 3.05) is 0 Å². The molecule has 0 saturated heterocycles. The first-order valence-electron chi connectivity index (χ1n) is 6.63. The summed E-state index contributed by atoms with van der Waals surface area (Å²) in [6.45, 7) is 7.04. The quantitative estimate of drug-likeness (QED) is 0.894. The Kier molecular flexibility index (Phi) is 3.88. The van der Waals surface area contributed by atoms with Gasteiger partial charge in [0.05, 0.1) is 5.01 Å². The lowest BCUT2D eigenvalue weighted by molar-refractivity contribution is 0.113. The lowest BCUT2D eigenvalue weighted by Crippen LogP contribution is -2.44. The first-order chi connectivity index (χ1) is 7.99. The highest BCUT2D eigenvalue weighted by molar-refractivity contribution is 7.09. The predicted molar refractivity (Wildman–Crippen MR) is 74.1 cm³/mol. The highest BCUT2D eigenvalue weighted by Gasteiger charge is 2.37. The number of nitrogens with zero attached hydrogens (tertiary/aromatic N) is 1. The molecule has 1 saturated carbocycles. The van der Waals surface area contributed by atoms with Crippen molar-refractivity contribution in [2.24, 2.45) is 23.0 Å². The molecule has 0 amide bonds. The van der Waals surface area contributed by atoms with Crippen molar-refractivity contribution in [1.29, 1.82) is 0 Å². The Bertz CT molecular complexity index is 345. The summed E-state index contributed by atoms with van der Waals surface area (Å²) < 4.78 is 0. The van der Waals surface area contributed by atoms with E-state index in [1.165, 1.54) is 24.3 Å². The zero-order chi connectivity index (χ0) is 12.5. The van der Waals surface area contributed by atoms with E-state index in [1.807, 2.05) is 6.20 Å². The number of thiazole rings is 1. The maximum absolute atomic E-state index is 6.37. The molecule has 3 unspecified atom stereocenters. The van der Waals surface area contributed by atoms with Gasteiger partial charge >= 0.3 is 0 Å². The topological polar surface area (TPSA) is 38.9 Å². The van der Waals surface area contributed by atoms with Gasteiger partial charge in [0.15, 0.2) is 0 Å². The second kappa shape index (κ2) is 5.07. The fourth-order valence-electron chi connectivity index (χ4n) is 3.26. The molecule has 17 heavy (non-hydrogen) atoms. The Morgan fingerprint density at radius 2 is 2.24 bits per heavy atom. The second-order valence-corrected chi connectivity index (χ2v) is 7.26. The van der Waals surface area contributed by atoms with Crippen LogP contribution < -0.4 is 5.73 Å². The molecule has 0 spiro atoms. The van der Waals surface area contributed by atoms with E-state index in [9.17, 15) is 0 Å². The van der Waals surface area contributed by atoms with Gasteiger partial charge in [0.1, 0.15) is 0 Å². The summed E-state index contributed by atoms with van der Waals surface area (Å²) in [5, 5.41) is 3.31. The van der Waals surface area contributed by atoms with E-state index in [2.05, 4.69) is 31.1 Å². The summed E-state index contributed by atoms with van der Waals surface area (Å²) in [5.41, 5.74) is 6.64. The molecular formula is C14H24N2S. The minimum atomic E-state index is 0.275. The summed E-state index contributed by atoms with van der Waals surface area (Å²) in [6.07, 6.45) is 6.77. The SMILES string of the molecule is CC1CCC(C(C)(C)Cc2nccs2)C(N)C1. The number of hydrogen-bond acceptors (Lipinski definition) is 3. The van der Waals surface area contributed by atoms with Gasteiger partial charge in [-0.3, -0.25) is 0 Å². The van der Waals surface area contributed by atoms with Crippen molar-refractivity contribution < 1.29 is 0 Å². The first-order valence-corrected chi connectivity index (χ1v) is 7.51. The molecular weight excluding hydrogens is 228 g/mol. The van der Waals surface area contributed by atoms with Crippen LogP contribution in [0.2, 0.25) is 0 Å². The van der Waals surface area contributed by atoms with E-state index in [1.54, 1.807) is 11.3 Å². The summed E-state index contributed by atoms with van der Waals surface area (Å²) in [7, 11) is 0. The van der Waals surface area contributed by atoms with Gasteiger partial charge in [0.2, 0.25) is 0 Å². The molecule has 0 bridgehead atoms. The normalized spacial score (nSPS) is 30.5. The third kappa shape index (κ3) is 3.08. The molecule has 2 nitrogen and oxygen atoms in total. The maximum atomic E-state index is 6.37. The molecule has 1 aromatic rings.